The molecular formula is C20H18N2O2. The van der Waals surface area contributed by atoms with E-state index in [1.54, 1.807) is 18.4 Å². The Labute approximate surface area is 140 Å². The molecule has 0 saturated carbocycles. The average Bonchev–Trinajstić information content (AvgIpc) is 3.00. The lowest BCUT2D eigenvalue weighted by atomic mass is 10.0. The first-order chi connectivity index (χ1) is 11.6. The first-order valence-corrected chi connectivity index (χ1v) is 7.80. The summed E-state index contributed by atoms with van der Waals surface area (Å²) in [5, 5.41) is 12.8. The second-order valence-corrected chi connectivity index (χ2v) is 5.91. The molecule has 3 aromatic rings. The molecule has 24 heavy (non-hydrogen) atoms. The molecule has 2 aromatic carbocycles. The Balaban J connectivity index is 1.69. The number of hydrogen-bond donors (Lipinski definition) is 1. The summed E-state index contributed by atoms with van der Waals surface area (Å²) in [6.07, 6.45) is 1.93. The zero-order valence-electron chi connectivity index (χ0n) is 13.7. The molecule has 4 nitrogen and oxygen atoms in total. The van der Waals surface area contributed by atoms with Crippen LogP contribution in [0.15, 0.2) is 47.1 Å². The van der Waals surface area contributed by atoms with Gasteiger partial charge in [-0.2, -0.15) is 5.26 Å². The van der Waals surface area contributed by atoms with Crippen LogP contribution in [0, 0.1) is 25.2 Å². The maximum atomic E-state index is 12.2. The minimum absolute atomic E-state index is 0.0710. The van der Waals surface area contributed by atoms with Crippen LogP contribution >= 0.6 is 0 Å². The fourth-order valence-electron chi connectivity index (χ4n) is 2.71. The molecule has 0 spiro atoms. The monoisotopic (exact) mass is 318 g/mol. The van der Waals surface area contributed by atoms with Crippen molar-refractivity contribution in [3.8, 4) is 6.07 Å². The number of aryl methyl sites for hydroxylation is 2. The fourth-order valence-corrected chi connectivity index (χ4v) is 2.71. The molecule has 1 N–H and O–H groups in total. The van der Waals surface area contributed by atoms with Crippen LogP contribution in [-0.4, -0.2) is 5.91 Å². The largest absolute Gasteiger partial charge is 0.464 e. The van der Waals surface area contributed by atoms with Gasteiger partial charge < -0.3 is 9.73 Å². The Bertz CT molecular complexity index is 948. The van der Waals surface area contributed by atoms with Gasteiger partial charge in [-0.1, -0.05) is 24.3 Å². The lowest BCUT2D eigenvalue weighted by molar-refractivity contribution is -0.120. The van der Waals surface area contributed by atoms with Gasteiger partial charge in [0.05, 0.1) is 24.3 Å². The number of nitriles is 1. The summed E-state index contributed by atoms with van der Waals surface area (Å²) in [4.78, 5) is 12.2. The van der Waals surface area contributed by atoms with Gasteiger partial charge in [-0.25, -0.2) is 0 Å². The maximum absolute atomic E-state index is 12.2. The van der Waals surface area contributed by atoms with E-state index in [1.807, 2.05) is 38.1 Å². The molecule has 0 radical (unpaired) electrons. The highest BCUT2D eigenvalue weighted by atomic mass is 16.3. The molecule has 0 fully saturated rings. The van der Waals surface area contributed by atoms with Gasteiger partial charge in [0.2, 0.25) is 5.91 Å². The molecule has 4 heteroatoms. The first-order valence-electron chi connectivity index (χ1n) is 7.80. The van der Waals surface area contributed by atoms with Crippen molar-refractivity contribution in [1.82, 2.24) is 5.32 Å². The van der Waals surface area contributed by atoms with Crippen LogP contribution in [0.2, 0.25) is 0 Å². The van der Waals surface area contributed by atoms with Crippen LogP contribution in [0.25, 0.3) is 11.0 Å². The van der Waals surface area contributed by atoms with Crippen molar-refractivity contribution in [2.24, 2.45) is 0 Å². The summed E-state index contributed by atoms with van der Waals surface area (Å²) in [6.45, 7) is 4.47. The lowest BCUT2D eigenvalue weighted by Crippen LogP contribution is -2.24. The molecule has 0 unspecified atom stereocenters. The Kier molecular flexibility index (Phi) is 4.35. The van der Waals surface area contributed by atoms with Gasteiger partial charge in [0.15, 0.2) is 0 Å². The topological polar surface area (TPSA) is 66.0 Å². The van der Waals surface area contributed by atoms with E-state index in [1.165, 1.54) is 5.56 Å². The van der Waals surface area contributed by atoms with Crippen molar-refractivity contribution in [2.45, 2.75) is 26.8 Å². The molecule has 0 saturated heterocycles. The van der Waals surface area contributed by atoms with Crippen LogP contribution in [0.4, 0.5) is 0 Å². The van der Waals surface area contributed by atoms with E-state index in [4.69, 9.17) is 9.68 Å². The van der Waals surface area contributed by atoms with Gasteiger partial charge >= 0.3 is 0 Å². The van der Waals surface area contributed by atoms with Crippen LogP contribution in [0.5, 0.6) is 0 Å². The van der Waals surface area contributed by atoms with Gasteiger partial charge in [0.25, 0.3) is 0 Å². The Hall–Kier alpha value is -3.06. The minimum atomic E-state index is -0.0710. The zero-order valence-corrected chi connectivity index (χ0v) is 13.7. The first kappa shape index (κ1) is 15.8. The summed E-state index contributed by atoms with van der Waals surface area (Å²) in [7, 11) is 0. The van der Waals surface area contributed by atoms with E-state index in [9.17, 15) is 4.79 Å². The van der Waals surface area contributed by atoms with E-state index < -0.39 is 0 Å². The van der Waals surface area contributed by atoms with Gasteiger partial charge in [-0.3, -0.25) is 4.79 Å². The third-order valence-corrected chi connectivity index (χ3v) is 4.24. The number of nitrogens with zero attached hydrogens (tertiary/aromatic N) is 1. The Morgan fingerprint density at radius 2 is 2.08 bits per heavy atom. The normalized spacial score (nSPS) is 10.5. The molecule has 0 aliphatic heterocycles. The average molecular weight is 318 g/mol. The summed E-state index contributed by atoms with van der Waals surface area (Å²) in [6, 6.07) is 13.4. The predicted octanol–water partition coefficient (Wildman–Crippen LogP) is 3.78. The number of furan rings is 1. The van der Waals surface area contributed by atoms with E-state index in [-0.39, 0.29) is 12.3 Å². The SMILES string of the molecule is Cc1ccc2c(CC(=O)NCc3cccc(C#N)c3)coc2c1C. The van der Waals surface area contributed by atoms with E-state index in [0.717, 1.165) is 27.7 Å². The van der Waals surface area contributed by atoms with Gasteiger partial charge in [0.1, 0.15) is 5.58 Å². The van der Waals surface area contributed by atoms with Crippen molar-refractivity contribution >= 4 is 16.9 Å². The number of nitrogens with one attached hydrogen (secondary N) is 1. The summed E-state index contributed by atoms with van der Waals surface area (Å²) in [5.74, 6) is -0.0710. The highest BCUT2D eigenvalue weighted by Gasteiger charge is 2.12. The van der Waals surface area contributed by atoms with Crippen molar-refractivity contribution in [3.63, 3.8) is 0 Å². The lowest BCUT2D eigenvalue weighted by Gasteiger charge is -2.05. The van der Waals surface area contributed by atoms with E-state index in [2.05, 4.69) is 11.4 Å². The smallest absolute Gasteiger partial charge is 0.224 e. The van der Waals surface area contributed by atoms with E-state index in [0.29, 0.717) is 12.1 Å². The quantitative estimate of drug-likeness (QED) is 0.796. The van der Waals surface area contributed by atoms with Crippen LogP contribution in [0.3, 0.4) is 0 Å². The number of hydrogen-bond acceptors (Lipinski definition) is 3. The van der Waals surface area contributed by atoms with Crippen LogP contribution in [0.1, 0.15) is 27.8 Å². The number of fused-ring (bicyclic) bond motifs is 1. The predicted molar refractivity (Wildman–Crippen MR) is 92.4 cm³/mol. The van der Waals surface area contributed by atoms with Gasteiger partial charge in [0, 0.05) is 17.5 Å². The van der Waals surface area contributed by atoms with Crippen LogP contribution < -0.4 is 5.32 Å². The summed E-state index contributed by atoms with van der Waals surface area (Å²) >= 11 is 0. The Morgan fingerprint density at radius 1 is 1.25 bits per heavy atom. The second kappa shape index (κ2) is 6.59. The second-order valence-electron chi connectivity index (χ2n) is 5.91. The molecule has 0 aliphatic rings. The number of carbonyl (C=O) groups excluding carboxylic acids is 1. The molecule has 1 amide bonds. The highest BCUT2D eigenvalue weighted by molar-refractivity contribution is 5.89. The fraction of sp³-hybridized carbons (Fsp3) is 0.200. The number of amides is 1. The molecular weight excluding hydrogens is 300 g/mol. The summed E-state index contributed by atoms with van der Waals surface area (Å²) < 4.78 is 5.64. The van der Waals surface area contributed by atoms with Crippen molar-refractivity contribution in [3.05, 3.63) is 70.5 Å². The third-order valence-electron chi connectivity index (χ3n) is 4.24. The molecule has 0 atom stereocenters. The van der Waals surface area contributed by atoms with E-state index >= 15 is 0 Å². The molecule has 0 aliphatic carbocycles. The molecule has 120 valence electrons. The van der Waals surface area contributed by atoms with Crippen molar-refractivity contribution < 1.29 is 9.21 Å². The van der Waals surface area contributed by atoms with Crippen molar-refractivity contribution in [2.75, 3.05) is 0 Å². The molecule has 3 rings (SSSR count). The third kappa shape index (κ3) is 3.16. The Morgan fingerprint density at radius 3 is 2.88 bits per heavy atom. The highest BCUT2D eigenvalue weighted by Crippen LogP contribution is 2.26. The number of carbonyl (C=O) groups is 1. The van der Waals surface area contributed by atoms with Crippen molar-refractivity contribution in [1.29, 1.82) is 5.26 Å². The molecule has 0 bridgehead atoms. The zero-order chi connectivity index (χ0) is 17.1. The van der Waals surface area contributed by atoms with Gasteiger partial charge in [-0.15, -0.1) is 0 Å². The number of benzene rings is 2. The maximum Gasteiger partial charge on any atom is 0.224 e. The molecule has 1 aromatic heterocycles. The minimum Gasteiger partial charge on any atom is -0.464 e. The standard InChI is InChI=1S/C20H18N2O2/c1-13-6-7-18-17(12-24-20(18)14(13)2)9-19(23)22-11-16-5-3-4-15(8-16)10-21/h3-8,12H,9,11H2,1-2H3,(H,22,23). The van der Waals surface area contributed by atoms with Gasteiger partial charge in [-0.05, 0) is 42.7 Å². The van der Waals surface area contributed by atoms with Crippen LogP contribution in [-0.2, 0) is 17.8 Å². The molecule has 1 heterocycles. The summed E-state index contributed by atoms with van der Waals surface area (Å²) in [5.41, 5.74) is 5.51. The number of rotatable bonds is 4.